The van der Waals surface area contributed by atoms with E-state index < -0.39 is 17.8 Å². The van der Waals surface area contributed by atoms with Gasteiger partial charge in [0, 0.05) is 23.5 Å². The number of pyridine rings is 1. The second-order valence-corrected chi connectivity index (χ2v) is 7.13. The monoisotopic (exact) mass is 481 g/mol. The summed E-state index contributed by atoms with van der Waals surface area (Å²) in [5.74, 6) is 1.17. The van der Waals surface area contributed by atoms with Gasteiger partial charge >= 0.3 is 18.2 Å². The number of nitrogens with one attached hydrogen (secondary N) is 2. The van der Waals surface area contributed by atoms with Gasteiger partial charge in [-0.2, -0.15) is 13.2 Å². The van der Waals surface area contributed by atoms with E-state index in [9.17, 15) is 18.0 Å². The van der Waals surface area contributed by atoms with Gasteiger partial charge in [0.25, 0.3) is 5.71 Å². The fourth-order valence-corrected chi connectivity index (χ4v) is 3.12. The minimum Gasteiger partial charge on any atom is -0.455 e. The van der Waals surface area contributed by atoms with Crippen molar-refractivity contribution in [3.05, 3.63) is 78.9 Å². The highest BCUT2D eigenvalue weighted by Gasteiger charge is 2.30. The number of amides is 2. The number of oxazole rings is 2. The Kier molecular flexibility index (Phi) is 5.53. The van der Waals surface area contributed by atoms with Crippen LogP contribution in [-0.2, 0) is 6.18 Å². The maximum Gasteiger partial charge on any atom is 0.416 e. The van der Waals surface area contributed by atoms with Gasteiger partial charge in [-0.1, -0.05) is 12.1 Å². The lowest BCUT2D eigenvalue weighted by molar-refractivity contribution is -0.137. The topological polar surface area (TPSA) is 115 Å². The number of halogens is 3. The number of nitrogens with zero attached hydrogens (tertiary/aromatic N) is 3. The highest BCUT2D eigenvalue weighted by atomic mass is 19.4. The summed E-state index contributed by atoms with van der Waals surface area (Å²) in [6.45, 7) is 0. The predicted molar refractivity (Wildman–Crippen MR) is 118 cm³/mol. The first-order valence-corrected chi connectivity index (χ1v) is 10.0. The summed E-state index contributed by atoms with van der Waals surface area (Å²) in [6.07, 6.45) is -0.321. The van der Waals surface area contributed by atoms with Gasteiger partial charge in [0.1, 0.15) is 5.75 Å². The lowest BCUT2D eigenvalue weighted by Gasteiger charge is -2.08. The second-order valence-electron chi connectivity index (χ2n) is 7.13. The normalized spacial score (nSPS) is 11.4. The molecule has 5 aromatic rings. The Hall–Kier alpha value is -4.87. The van der Waals surface area contributed by atoms with Crippen LogP contribution in [0, 0.1) is 0 Å². The van der Waals surface area contributed by atoms with Crippen LogP contribution < -0.4 is 15.4 Å². The van der Waals surface area contributed by atoms with E-state index >= 15 is 0 Å². The molecule has 0 aliphatic carbocycles. The van der Waals surface area contributed by atoms with E-state index in [1.807, 2.05) is 0 Å². The molecule has 5 rings (SSSR count). The van der Waals surface area contributed by atoms with Crippen molar-refractivity contribution in [3.63, 3.8) is 0 Å². The molecule has 2 aromatic carbocycles. The highest BCUT2D eigenvalue weighted by molar-refractivity contribution is 5.98. The zero-order valence-electron chi connectivity index (χ0n) is 17.5. The molecule has 0 fully saturated rings. The number of rotatable bonds is 5. The third kappa shape index (κ3) is 4.90. The molecular formula is C23H14F3N5O4. The Bertz CT molecular complexity index is 1480. The number of carbonyl (C=O) groups is 1. The molecule has 0 spiro atoms. The van der Waals surface area contributed by atoms with E-state index in [1.54, 1.807) is 30.3 Å². The van der Waals surface area contributed by atoms with E-state index in [0.29, 0.717) is 34.0 Å². The van der Waals surface area contributed by atoms with Crippen molar-refractivity contribution in [2.45, 2.75) is 6.18 Å². The standard InChI is InChI=1S/C23H14F3N5O4/c24-23(25,26)14-3-1-13(2-4-14)18-11-28-22(35-18)31-21(32)30-15-5-7-16(8-6-15)34-17-9-10-27-20-19(17)29-12-33-20/h1-12H,(H2,28,30,31,32). The van der Waals surface area contributed by atoms with Crippen LogP contribution >= 0.6 is 0 Å². The summed E-state index contributed by atoms with van der Waals surface area (Å²) in [6, 6.07) is 11.9. The molecule has 12 heteroatoms. The molecule has 0 radical (unpaired) electrons. The Labute approximate surface area is 194 Å². The van der Waals surface area contributed by atoms with Crippen LogP contribution in [0.2, 0.25) is 0 Å². The Balaban J connectivity index is 1.19. The quantitative estimate of drug-likeness (QED) is 0.301. The van der Waals surface area contributed by atoms with Crippen molar-refractivity contribution in [1.82, 2.24) is 15.0 Å². The van der Waals surface area contributed by atoms with Gasteiger partial charge < -0.3 is 18.9 Å². The largest absolute Gasteiger partial charge is 0.455 e. The average Bonchev–Trinajstić information content (AvgIpc) is 3.50. The molecule has 176 valence electrons. The number of carbonyl (C=O) groups excluding carboxylic acids is 1. The third-order valence-corrected chi connectivity index (χ3v) is 4.76. The van der Waals surface area contributed by atoms with E-state index in [4.69, 9.17) is 13.6 Å². The smallest absolute Gasteiger partial charge is 0.416 e. The molecule has 2 N–H and O–H groups in total. The maximum absolute atomic E-state index is 12.7. The molecule has 0 aliphatic rings. The lowest BCUT2D eigenvalue weighted by Crippen LogP contribution is -2.19. The summed E-state index contributed by atoms with van der Waals surface area (Å²) < 4.78 is 54.5. The van der Waals surface area contributed by atoms with E-state index in [0.717, 1.165) is 12.1 Å². The Morgan fingerprint density at radius 1 is 0.914 bits per heavy atom. The molecule has 0 aliphatic heterocycles. The molecule has 0 bridgehead atoms. The number of hydrogen-bond acceptors (Lipinski definition) is 7. The molecule has 0 saturated carbocycles. The summed E-state index contributed by atoms with van der Waals surface area (Å²) in [4.78, 5) is 24.3. The third-order valence-electron chi connectivity index (χ3n) is 4.76. The number of aromatic nitrogens is 3. The van der Waals surface area contributed by atoms with Gasteiger partial charge in [-0.3, -0.25) is 5.32 Å². The SMILES string of the molecule is O=C(Nc1ccc(Oc2ccnc3ocnc23)cc1)Nc1ncc(-c2ccc(C(F)(F)F)cc2)o1. The zero-order valence-corrected chi connectivity index (χ0v) is 17.5. The van der Waals surface area contributed by atoms with Crippen LogP contribution in [-0.4, -0.2) is 21.0 Å². The van der Waals surface area contributed by atoms with Gasteiger partial charge in [0.05, 0.1) is 11.8 Å². The number of alkyl halides is 3. The number of fused-ring (bicyclic) bond motifs is 1. The van der Waals surface area contributed by atoms with Gasteiger partial charge in [-0.05, 0) is 36.4 Å². The average molecular weight is 481 g/mol. The van der Waals surface area contributed by atoms with Crippen molar-refractivity contribution >= 4 is 29.0 Å². The van der Waals surface area contributed by atoms with Gasteiger partial charge in [-0.25, -0.2) is 19.7 Å². The van der Waals surface area contributed by atoms with Crippen LogP contribution in [0.4, 0.5) is 29.7 Å². The Morgan fingerprint density at radius 3 is 2.43 bits per heavy atom. The lowest BCUT2D eigenvalue weighted by atomic mass is 10.1. The maximum atomic E-state index is 12.7. The summed E-state index contributed by atoms with van der Waals surface area (Å²) in [5, 5.41) is 5.04. The molecule has 3 aromatic heterocycles. The predicted octanol–water partition coefficient (Wildman–Crippen LogP) is 6.33. The summed E-state index contributed by atoms with van der Waals surface area (Å²) in [5.41, 5.74) is 0.903. The van der Waals surface area contributed by atoms with Gasteiger partial charge in [0.2, 0.25) is 0 Å². The van der Waals surface area contributed by atoms with Crippen molar-refractivity contribution in [1.29, 1.82) is 0 Å². The summed E-state index contributed by atoms with van der Waals surface area (Å²) in [7, 11) is 0. The molecule has 0 atom stereocenters. The molecular weight excluding hydrogens is 467 g/mol. The molecule has 0 unspecified atom stereocenters. The van der Waals surface area contributed by atoms with Crippen molar-refractivity contribution in [2.24, 2.45) is 0 Å². The van der Waals surface area contributed by atoms with Crippen molar-refractivity contribution in [3.8, 4) is 22.8 Å². The number of benzene rings is 2. The minimum absolute atomic E-state index is 0.119. The van der Waals surface area contributed by atoms with E-state index in [1.165, 1.54) is 30.9 Å². The minimum atomic E-state index is -4.43. The number of hydrogen-bond donors (Lipinski definition) is 2. The van der Waals surface area contributed by atoms with Crippen LogP contribution in [0.1, 0.15) is 5.56 Å². The first-order chi connectivity index (χ1) is 16.8. The fourth-order valence-electron chi connectivity index (χ4n) is 3.12. The first kappa shape index (κ1) is 21.9. The number of anilines is 2. The molecule has 9 nitrogen and oxygen atoms in total. The highest BCUT2D eigenvalue weighted by Crippen LogP contribution is 2.32. The van der Waals surface area contributed by atoms with Crippen molar-refractivity contribution in [2.75, 3.05) is 10.6 Å². The number of urea groups is 1. The van der Waals surface area contributed by atoms with E-state index in [-0.39, 0.29) is 11.8 Å². The zero-order chi connectivity index (χ0) is 24.4. The molecule has 35 heavy (non-hydrogen) atoms. The summed E-state index contributed by atoms with van der Waals surface area (Å²) >= 11 is 0. The molecule has 2 amide bonds. The molecule has 3 heterocycles. The van der Waals surface area contributed by atoms with Gasteiger partial charge in [0.15, 0.2) is 23.4 Å². The fraction of sp³-hybridized carbons (Fsp3) is 0.0435. The molecule has 0 saturated heterocycles. The van der Waals surface area contributed by atoms with Crippen LogP contribution in [0.15, 0.2) is 82.2 Å². The Morgan fingerprint density at radius 2 is 1.69 bits per heavy atom. The number of ether oxygens (including phenoxy) is 1. The van der Waals surface area contributed by atoms with Crippen molar-refractivity contribution < 1.29 is 31.5 Å². The van der Waals surface area contributed by atoms with Crippen LogP contribution in [0.5, 0.6) is 11.5 Å². The van der Waals surface area contributed by atoms with E-state index in [2.05, 4.69) is 25.6 Å². The second kappa shape index (κ2) is 8.82. The first-order valence-electron chi connectivity index (χ1n) is 10.0. The van der Waals surface area contributed by atoms with Crippen LogP contribution in [0.25, 0.3) is 22.6 Å². The van der Waals surface area contributed by atoms with Gasteiger partial charge in [-0.15, -0.1) is 0 Å². The van der Waals surface area contributed by atoms with Crippen LogP contribution in [0.3, 0.4) is 0 Å².